The summed E-state index contributed by atoms with van der Waals surface area (Å²) in [4.78, 5) is 24.2. The molecule has 1 heterocycles. The van der Waals surface area contributed by atoms with Gasteiger partial charge in [0.1, 0.15) is 23.7 Å². The Hall–Kier alpha value is -2.56. The van der Waals surface area contributed by atoms with Crippen LogP contribution in [0.1, 0.15) is 42.6 Å². The fourth-order valence-corrected chi connectivity index (χ4v) is 2.55. The van der Waals surface area contributed by atoms with Gasteiger partial charge in [-0.3, -0.25) is 4.79 Å². The van der Waals surface area contributed by atoms with Crippen LogP contribution in [-0.2, 0) is 6.42 Å². The van der Waals surface area contributed by atoms with E-state index < -0.39 is 5.63 Å². The number of phenolic OH excluding ortho intramolecular Hbond substituents is 1. The highest BCUT2D eigenvalue weighted by Gasteiger charge is 2.22. The van der Waals surface area contributed by atoms with Crippen molar-refractivity contribution < 1.29 is 19.1 Å². The average molecular weight is 316 g/mol. The van der Waals surface area contributed by atoms with Crippen LogP contribution in [0.5, 0.6) is 11.5 Å². The SMILES string of the molecule is C=CCOc1cc(O)c2c(CCC)cc(=O)oc2c1C(=O)CC. The van der Waals surface area contributed by atoms with E-state index in [-0.39, 0.29) is 41.5 Å². The number of phenols is 1. The molecule has 0 aliphatic rings. The molecule has 0 amide bonds. The number of carbonyl (C=O) groups excluding carboxylic acids is 1. The largest absolute Gasteiger partial charge is 0.507 e. The van der Waals surface area contributed by atoms with Crippen molar-refractivity contribution in [3.63, 3.8) is 0 Å². The number of ketones is 1. The van der Waals surface area contributed by atoms with Gasteiger partial charge in [-0.15, -0.1) is 0 Å². The molecule has 0 aliphatic heterocycles. The topological polar surface area (TPSA) is 76.7 Å². The van der Waals surface area contributed by atoms with Crippen molar-refractivity contribution in [3.8, 4) is 11.5 Å². The predicted octanol–water partition coefficient (Wildman–Crippen LogP) is 3.61. The summed E-state index contributed by atoms with van der Waals surface area (Å²) in [6.07, 6.45) is 3.16. The quantitative estimate of drug-likeness (QED) is 0.480. The third kappa shape index (κ3) is 3.28. The molecular weight excluding hydrogens is 296 g/mol. The number of aromatic hydroxyl groups is 1. The second kappa shape index (κ2) is 7.13. The highest BCUT2D eigenvalue weighted by molar-refractivity contribution is 6.10. The molecule has 0 bridgehead atoms. The zero-order valence-electron chi connectivity index (χ0n) is 13.3. The summed E-state index contributed by atoms with van der Waals surface area (Å²) in [6.45, 7) is 7.42. The molecule has 5 nitrogen and oxygen atoms in total. The maximum Gasteiger partial charge on any atom is 0.336 e. The summed E-state index contributed by atoms with van der Waals surface area (Å²) in [6, 6.07) is 2.75. The minimum Gasteiger partial charge on any atom is -0.507 e. The lowest BCUT2D eigenvalue weighted by Gasteiger charge is -2.14. The summed E-state index contributed by atoms with van der Waals surface area (Å²) in [5.74, 6) is -0.0941. The van der Waals surface area contributed by atoms with Crippen LogP contribution < -0.4 is 10.4 Å². The van der Waals surface area contributed by atoms with Gasteiger partial charge >= 0.3 is 5.63 Å². The van der Waals surface area contributed by atoms with Crippen molar-refractivity contribution in [2.24, 2.45) is 0 Å². The molecule has 2 aromatic rings. The van der Waals surface area contributed by atoms with Gasteiger partial charge in [0.05, 0.1) is 5.39 Å². The highest BCUT2D eigenvalue weighted by atomic mass is 16.5. The van der Waals surface area contributed by atoms with Crippen LogP contribution in [0.15, 0.2) is 34.0 Å². The predicted molar refractivity (Wildman–Crippen MR) is 88.5 cm³/mol. The molecule has 0 fully saturated rings. The van der Waals surface area contributed by atoms with Crippen LogP contribution in [0.3, 0.4) is 0 Å². The number of carbonyl (C=O) groups is 1. The van der Waals surface area contributed by atoms with E-state index in [1.165, 1.54) is 18.2 Å². The fourth-order valence-electron chi connectivity index (χ4n) is 2.55. The van der Waals surface area contributed by atoms with E-state index in [1.54, 1.807) is 6.92 Å². The minimum absolute atomic E-state index is 0.0704. The second-order valence-corrected chi connectivity index (χ2v) is 5.19. The molecule has 122 valence electrons. The number of Topliss-reactive ketones (excluding diaryl/α,β-unsaturated/α-hetero) is 1. The summed E-state index contributed by atoms with van der Waals surface area (Å²) in [5.41, 5.74) is 0.395. The standard InChI is InChI=1S/C18H20O5/c1-4-7-11-9-15(21)23-18-16(11)13(20)10-14(22-8-5-2)17(18)12(19)6-3/h5,9-10,20H,2,4,6-8H2,1,3H3. The zero-order chi connectivity index (χ0) is 17.0. The maximum absolute atomic E-state index is 12.4. The molecule has 0 saturated heterocycles. The van der Waals surface area contributed by atoms with Gasteiger partial charge in [-0.25, -0.2) is 4.79 Å². The first kappa shape index (κ1) is 16.8. The van der Waals surface area contributed by atoms with Crippen LogP contribution in [0, 0.1) is 0 Å². The lowest BCUT2D eigenvalue weighted by Crippen LogP contribution is -2.08. The van der Waals surface area contributed by atoms with E-state index in [1.807, 2.05) is 6.92 Å². The molecule has 0 radical (unpaired) electrons. The van der Waals surface area contributed by atoms with E-state index in [0.717, 1.165) is 6.42 Å². The van der Waals surface area contributed by atoms with Crippen LogP contribution in [0.25, 0.3) is 11.0 Å². The van der Waals surface area contributed by atoms with Crippen LogP contribution in [0.2, 0.25) is 0 Å². The molecule has 2 rings (SSSR count). The molecule has 1 N–H and O–H groups in total. The Bertz CT molecular complexity index is 801. The Morgan fingerprint density at radius 3 is 2.74 bits per heavy atom. The lowest BCUT2D eigenvalue weighted by atomic mass is 9.98. The summed E-state index contributed by atoms with van der Waals surface area (Å²) < 4.78 is 10.7. The zero-order valence-corrected chi connectivity index (χ0v) is 13.3. The maximum atomic E-state index is 12.4. The minimum atomic E-state index is -0.550. The van der Waals surface area contributed by atoms with Gasteiger partial charge in [0.2, 0.25) is 0 Å². The van der Waals surface area contributed by atoms with E-state index >= 15 is 0 Å². The molecule has 23 heavy (non-hydrogen) atoms. The first-order chi connectivity index (χ1) is 11.0. The summed E-state index contributed by atoms with van der Waals surface area (Å²) >= 11 is 0. The smallest absolute Gasteiger partial charge is 0.336 e. The number of hydrogen-bond donors (Lipinski definition) is 1. The highest BCUT2D eigenvalue weighted by Crippen LogP contribution is 2.37. The van der Waals surface area contributed by atoms with Crippen molar-refractivity contribution in [3.05, 3.63) is 46.3 Å². The fraction of sp³-hybridized carbons (Fsp3) is 0.333. The lowest BCUT2D eigenvalue weighted by molar-refractivity contribution is 0.0985. The average Bonchev–Trinajstić information content (AvgIpc) is 2.51. The van der Waals surface area contributed by atoms with Crippen molar-refractivity contribution >= 4 is 16.8 Å². The van der Waals surface area contributed by atoms with Crippen molar-refractivity contribution in [2.75, 3.05) is 6.61 Å². The van der Waals surface area contributed by atoms with Gasteiger partial charge in [-0.05, 0) is 12.0 Å². The molecule has 0 saturated carbocycles. The van der Waals surface area contributed by atoms with Gasteiger partial charge in [-0.1, -0.05) is 32.9 Å². The van der Waals surface area contributed by atoms with Gasteiger partial charge in [0.15, 0.2) is 11.4 Å². The van der Waals surface area contributed by atoms with Crippen molar-refractivity contribution in [1.29, 1.82) is 0 Å². The Labute approximate surface area is 134 Å². The number of rotatable bonds is 7. The van der Waals surface area contributed by atoms with Gasteiger partial charge in [-0.2, -0.15) is 0 Å². The second-order valence-electron chi connectivity index (χ2n) is 5.19. The molecule has 5 heteroatoms. The monoisotopic (exact) mass is 316 g/mol. The van der Waals surface area contributed by atoms with Gasteiger partial charge in [0.25, 0.3) is 0 Å². The Balaban J connectivity index is 2.87. The number of fused-ring (bicyclic) bond motifs is 1. The Morgan fingerprint density at radius 1 is 1.39 bits per heavy atom. The molecule has 0 atom stereocenters. The molecule has 0 unspecified atom stereocenters. The molecule has 0 aliphatic carbocycles. The first-order valence-corrected chi connectivity index (χ1v) is 7.63. The molecule has 0 spiro atoms. The van der Waals surface area contributed by atoms with E-state index in [2.05, 4.69) is 6.58 Å². The Kier molecular flexibility index (Phi) is 5.21. The van der Waals surface area contributed by atoms with E-state index in [9.17, 15) is 14.7 Å². The van der Waals surface area contributed by atoms with E-state index in [0.29, 0.717) is 17.4 Å². The van der Waals surface area contributed by atoms with Gasteiger partial charge in [0, 0.05) is 18.6 Å². The summed E-state index contributed by atoms with van der Waals surface area (Å²) in [5, 5.41) is 10.7. The van der Waals surface area contributed by atoms with Crippen molar-refractivity contribution in [1.82, 2.24) is 0 Å². The summed E-state index contributed by atoms with van der Waals surface area (Å²) in [7, 11) is 0. The first-order valence-electron chi connectivity index (χ1n) is 7.63. The molecular formula is C18H20O5. The van der Waals surface area contributed by atoms with Crippen LogP contribution in [-0.4, -0.2) is 17.5 Å². The number of aryl methyl sites for hydroxylation is 1. The third-order valence-electron chi connectivity index (χ3n) is 3.52. The molecule has 1 aromatic carbocycles. The molecule has 1 aromatic heterocycles. The Morgan fingerprint density at radius 2 is 2.13 bits per heavy atom. The van der Waals surface area contributed by atoms with Gasteiger partial charge < -0.3 is 14.3 Å². The van der Waals surface area contributed by atoms with Crippen molar-refractivity contribution in [2.45, 2.75) is 33.1 Å². The van der Waals surface area contributed by atoms with Crippen LogP contribution >= 0.6 is 0 Å². The number of benzene rings is 1. The van der Waals surface area contributed by atoms with E-state index in [4.69, 9.17) is 9.15 Å². The third-order valence-corrected chi connectivity index (χ3v) is 3.52. The number of ether oxygens (including phenoxy) is 1. The van der Waals surface area contributed by atoms with Crippen LogP contribution in [0.4, 0.5) is 0 Å². The normalized spacial score (nSPS) is 10.7. The number of hydrogen-bond acceptors (Lipinski definition) is 5.